The molecule has 0 saturated carbocycles. The second-order valence-electron chi connectivity index (χ2n) is 5.23. The zero-order chi connectivity index (χ0) is 15.2. The maximum Gasteiger partial charge on any atom is 0.417 e. The molecule has 1 rings (SSSR count). The van der Waals surface area contributed by atoms with Gasteiger partial charge in [-0.15, -0.1) is 0 Å². The van der Waals surface area contributed by atoms with E-state index in [-0.39, 0.29) is 6.04 Å². The normalized spacial score (nSPS) is 15.1. The predicted octanol–water partition coefficient (Wildman–Crippen LogP) is 4.58. The van der Waals surface area contributed by atoms with Crippen LogP contribution in [0.1, 0.15) is 57.3 Å². The van der Waals surface area contributed by atoms with E-state index in [4.69, 9.17) is 0 Å². The van der Waals surface area contributed by atoms with Crippen LogP contribution in [0.4, 0.5) is 13.2 Å². The second kappa shape index (κ2) is 7.62. The van der Waals surface area contributed by atoms with E-state index in [2.05, 4.69) is 31.1 Å². The molecule has 2 nitrogen and oxygen atoms in total. The smallest absolute Gasteiger partial charge is 0.309 e. The van der Waals surface area contributed by atoms with Crippen LogP contribution in [0.25, 0.3) is 0 Å². The van der Waals surface area contributed by atoms with Crippen LogP contribution in [0.5, 0.6) is 0 Å². The number of pyridine rings is 1. The lowest BCUT2D eigenvalue weighted by Crippen LogP contribution is -2.25. The van der Waals surface area contributed by atoms with Crippen molar-refractivity contribution in [2.24, 2.45) is 5.92 Å². The zero-order valence-electron chi connectivity index (χ0n) is 12.3. The summed E-state index contributed by atoms with van der Waals surface area (Å²) >= 11 is 0. The third-order valence-electron chi connectivity index (χ3n) is 3.45. The van der Waals surface area contributed by atoms with E-state index in [0.717, 1.165) is 38.1 Å². The minimum atomic E-state index is -4.32. The van der Waals surface area contributed by atoms with E-state index in [9.17, 15) is 13.2 Å². The van der Waals surface area contributed by atoms with Crippen molar-refractivity contribution >= 4 is 0 Å². The number of alkyl halides is 3. The summed E-state index contributed by atoms with van der Waals surface area (Å²) in [6.45, 7) is 7.16. The van der Waals surface area contributed by atoms with Crippen LogP contribution in [0.2, 0.25) is 0 Å². The Morgan fingerprint density at radius 3 is 2.40 bits per heavy atom. The standard InChI is InChI=1S/C15H23F3N2/c1-4-8-19-14(9-11(3)5-2)13-7-6-12(10-20-13)15(16,17)18/h6-7,10-11,14,19H,4-5,8-9H2,1-3H3. The second-order valence-corrected chi connectivity index (χ2v) is 5.23. The van der Waals surface area contributed by atoms with Crippen LogP contribution in [0, 0.1) is 5.92 Å². The van der Waals surface area contributed by atoms with Crippen LogP contribution in [0.3, 0.4) is 0 Å². The quantitative estimate of drug-likeness (QED) is 0.794. The minimum absolute atomic E-state index is 0.0205. The predicted molar refractivity (Wildman–Crippen MR) is 74.3 cm³/mol. The van der Waals surface area contributed by atoms with Gasteiger partial charge in [-0.05, 0) is 37.4 Å². The van der Waals surface area contributed by atoms with Crippen LogP contribution >= 0.6 is 0 Å². The Kier molecular flexibility index (Phi) is 6.46. The van der Waals surface area contributed by atoms with Crippen LogP contribution in [-0.2, 0) is 6.18 Å². The fourth-order valence-corrected chi connectivity index (χ4v) is 1.98. The molecule has 2 unspecified atom stereocenters. The molecule has 1 aromatic heterocycles. The Balaban J connectivity index is 2.84. The molecule has 0 aromatic carbocycles. The van der Waals surface area contributed by atoms with Crippen molar-refractivity contribution in [1.82, 2.24) is 10.3 Å². The van der Waals surface area contributed by atoms with Gasteiger partial charge in [-0.3, -0.25) is 4.98 Å². The third-order valence-corrected chi connectivity index (χ3v) is 3.45. The maximum atomic E-state index is 12.5. The molecule has 0 aliphatic carbocycles. The average molecular weight is 288 g/mol. The number of rotatable bonds is 7. The molecular formula is C15H23F3N2. The van der Waals surface area contributed by atoms with E-state index in [1.165, 1.54) is 6.07 Å². The first-order chi connectivity index (χ1) is 9.38. The molecular weight excluding hydrogens is 265 g/mol. The minimum Gasteiger partial charge on any atom is -0.309 e. The first kappa shape index (κ1) is 17.0. The molecule has 1 N–H and O–H groups in total. The summed E-state index contributed by atoms with van der Waals surface area (Å²) in [6.07, 6.45) is -0.487. The molecule has 1 aromatic rings. The summed E-state index contributed by atoms with van der Waals surface area (Å²) < 4.78 is 37.6. The molecule has 0 radical (unpaired) electrons. The number of nitrogens with one attached hydrogen (secondary N) is 1. The fraction of sp³-hybridized carbons (Fsp3) is 0.667. The first-order valence-corrected chi connectivity index (χ1v) is 7.15. The summed E-state index contributed by atoms with van der Waals surface area (Å²) in [7, 11) is 0. The van der Waals surface area contributed by atoms with E-state index in [0.29, 0.717) is 11.6 Å². The lowest BCUT2D eigenvalue weighted by atomic mass is 9.96. The zero-order valence-corrected chi connectivity index (χ0v) is 12.3. The number of aromatic nitrogens is 1. The molecule has 20 heavy (non-hydrogen) atoms. The molecule has 0 amide bonds. The molecule has 1 heterocycles. The van der Waals surface area contributed by atoms with Crippen molar-refractivity contribution in [2.75, 3.05) is 6.54 Å². The van der Waals surface area contributed by atoms with Gasteiger partial charge in [0.1, 0.15) is 0 Å². The largest absolute Gasteiger partial charge is 0.417 e. The number of hydrogen-bond acceptors (Lipinski definition) is 2. The Hall–Kier alpha value is -1.10. The first-order valence-electron chi connectivity index (χ1n) is 7.15. The molecule has 0 spiro atoms. The van der Waals surface area contributed by atoms with Gasteiger partial charge in [-0.25, -0.2) is 0 Å². The molecule has 2 atom stereocenters. The molecule has 5 heteroatoms. The summed E-state index contributed by atoms with van der Waals surface area (Å²) in [5.41, 5.74) is -0.00854. The summed E-state index contributed by atoms with van der Waals surface area (Å²) in [5, 5.41) is 3.37. The van der Waals surface area contributed by atoms with Gasteiger partial charge in [-0.1, -0.05) is 27.2 Å². The topological polar surface area (TPSA) is 24.9 Å². The molecule has 114 valence electrons. The number of hydrogen-bond donors (Lipinski definition) is 1. The summed E-state index contributed by atoms with van der Waals surface area (Å²) in [6, 6.07) is 2.62. The van der Waals surface area contributed by atoms with E-state index in [1.54, 1.807) is 0 Å². The van der Waals surface area contributed by atoms with Gasteiger partial charge in [0.25, 0.3) is 0 Å². The molecule has 0 saturated heterocycles. The van der Waals surface area contributed by atoms with Crippen LogP contribution in [-0.4, -0.2) is 11.5 Å². The van der Waals surface area contributed by atoms with Gasteiger partial charge in [-0.2, -0.15) is 13.2 Å². The Morgan fingerprint density at radius 2 is 1.95 bits per heavy atom. The van der Waals surface area contributed by atoms with Crippen molar-refractivity contribution in [3.8, 4) is 0 Å². The molecule has 0 fully saturated rings. The van der Waals surface area contributed by atoms with Gasteiger partial charge >= 0.3 is 6.18 Å². The van der Waals surface area contributed by atoms with Gasteiger partial charge in [0.2, 0.25) is 0 Å². The van der Waals surface area contributed by atoms with Crippen molar-refractivity contribution in [3.63, 3.8) is 0 Å². The van der Waals surface area contributed by atoms with Crippen LogP contribution < -0.4 is 5.32 Å². The lowest BCUT2D eigenvalue weighted by Gasteiger charge is -2.21. The van der Waals surface area contributed by atoms with Crippen LogP contribution in [0.15, 0.2) is 18.3 Å². The van der Waals surface area contributed by atoms with Gasteiger partial charge < -0.3 is 5.32 Å². The van der Waals surface area contributed by atoms with E-state index >= 15 is 0 Å². The monoisotopic (exact) mass is 288 g/mol. The highest BCUT2D eigenvalue weighted by molar-refractivity contribution is 5.19. The third kappa shape index (κ3) is 5.12. The summed E-state index contributed by atoms with van der Waals surface area (Å²) in [4.78, 5) is 4.00. The molecule has 0 aliphatic rings. The average Bonchev–Trinajstić information content (AvgIpc) is 2.42. The van der Waals surface area contributed by atoms with Crippen molar-refractivity contribution in [2.45, 2.75) is 52.3 Å². The Bertz CT molecular complexity index is 387. The number of halogens is 3. The lowest BCUT2D eigenvalue weighted by molar-refractivity contribution is -0.137. The SMILES string of the molecule is CCCNC(CC(C)CC)c1ccc(C(F)(F)F)cn1. The Morgan fingerprint density at radius 1 is 1.25 bits per heavy atom. The van der Waals surface area contributed by atoms with E-state index in [1.807, 2.05) is 0 Å². The van der Waals surface area contributed by atoms with Gasteiger partial charge in [0.05, 0.1) is 11.3 Å². The van der Waals surface area contributed by atoms with Crippen molar-refractivity contribution in [3.05, 3.63) is 29.6 Å². The molecule has 0 bridgehead atoms. The highest BCUT2D eigenvalue weighted by atomic mass is 19.4. The Labute approximate surface area is 118 Å². The van der Waals surface area contributed by atoms with Gasteiger partial charge in [0, 0.05) is 12.2 Å². The fourth-order valence-electron chi connectivity index (χ4n) is 1.98. The maximum absolute atomic E-state index is 12.5. The van der Waals surface area contributed by atoms with Crippen molar-refractivity contribution in [1.29, 1.82) is 0 Å². The molecule has 0 aliphatic heterocycles. The summed E-state index contributed by atoms with van der Waals surface area (Å²) in [5.74, 6) is 0.508. The number of nitrogens with zero attached hydrogens (tertiary/aromatic N) is 1. The van der Waals surface area contributed by atoms with E-state index < -0.39 is 11.7 Å². The highest BCUT2D eigenvalue weighted by Gasteiger charge is 2.31. The van der Waals surface area contributed by atoms with Crippen molar-refractivity contribution < 1.29 is 13.2 Å². The van der Waals surface area contributed by atoms with Gasteiger partial charge in [0.15, 0.2) is 0 Å². The highest BCUT2D eigenvalue weighted by Crippen LogP contribution is 2.29.